The Morgan fingerprint density at radius 2 is 1.93 bits per heavy atom. The van der Waals surface area contributed by atoms with Crippen LogP contribution in [0, 0.1) is 11.8 Å². The second-order valence-electron chi connectivity index (χ2n) is 4.88. The lowest BCUT2D eigenvalue weighted by atomic mass is 9.83. The zero-order valence-corrected chi connectivity index (χ0v) is 10.4. The van der Waals surface area contributed by atoms with Crippen LogP contribution in [0.1, 0.15) is 46.0 Å². The van der Waals surface area contributed by atoms with Gasteiger partial charge in [0.15, 0.2) is 0 Å². The van der Waals surface area contributed by atoms with Crippen LogP contribution in [0.15, 0.2) is 0 Å². The van der Waals surface area contributed by atoms with Gasteiger partial charge in [-0.05, 0) is 51.1 Å². The molecule has 0 aromatic rings. The summed E-state index contributed by atoms with van der Waals surface area (Å²) in [5.74, 6) is 1.91. The van der Waals surface area contributed by atoms with E-state index in [1.807, 2.05) is 0 Å². The first-order valence-electron chi connectivity index (χ1n) is 6.61. The molecule has 0 aliphatic heterocycles. The molecule has 2 heteroatoms. The molecular formula is C13H27NO. The molecule has 0 heterocycles. The quantitative estimate of drug-likeness (QED) is 0.657. The van der Waals surface area contributed by atoms with E-state index < -0.39 is 0 Å². The van der Waals surface area contributed by atoms with Gasteiger partial charge in [0.05, 0.1) is 0 Å². The highest BCUT2D eigenvalue weighted by Crippen LogP contribution is 2.27. The van der Waals surface area contributed by atoms with Crippen molar-refractivity contribution in [2.24, 2.45) is 11.8 Å². The topological polar surface area (TPSA) is 21.3 Å². The maximum absolute atomic E-state index is 5.30. The van der Waals surface area contributed by atoms with Crippen molar-refractivity contribution < 1.29 is 4.74 Å². The highest BCUT2D eigenvalue weighted by atomic mass is 16.5. The van der Waals surface area contributed by atoms with Crippen LogP contribution in [0.5, 0.6) is 0 Å². The molecule has 1 N–H and O–H groups in total. The monoisotopic (exact) mass is 213 g/mol. The molecule has 0 unspecified atom stereocenters. The summed E-state index contributed by atoms with van der Waals surface area (Å²) in [6.07, 6.45) is 6.88. The van der Waals surface area contributed by atoms with Gasteiger partial charge in [-0.1, -0.05) is 19.8 Å². The van der Waals surface area contributed by atoms with Crippen LogP contribution in [0.2, 0.25) is 0 Å². The van der Waals surface area contributed by atoms with E-state index in [0.717, 1.165) is 38.0 Å². The summed E-state index contributed by atoms with van der Waals surface area (Å²) in [5.41, 5.74) is 0. The van der Waals surface area contributed by atoms with E-state index in [0.29, 0.717) is 0 Å². The minimum absolute atomic E-state index is 0.848. The van der Waals surface area contributed by atoms with E-state index in [1.165, 1.54) is 32.2 Å². The summed E-state index contributed by atoms with van der Waals surface area (Å²) in [6, 6.07) is 0. The van der Waals surface area contributed by atoms with Crippen LogP contribution in [0.4, 0.5) is 0 Å². The molecule has 0 amide bonds. The highest BCUT2D eigenvalue weighted by Gasteiger charge is 2.17. The summed E-state index contributed by atoms with van der Waals surface area (Å²) in [6.45, 7) is 8.53. The van der Waals surface area contributed by atoms with Crippen molar-refractivity contribution >= 4 is 0 Å². The van der Waals surface area contributed by atoms with Crippen LogP contribution in [-0.2, 0) is 4.74 Å². The Morgan fingerprint density at radius 1 is 1.20 bits per heavy atom. The van der Waals surface area contributed by atoms with Crippen LogP contribution < -0.4 is 5.32 Å². The van der Waals surface area contributed by atoms with E-state index >= 15 is 0 Å². The van der Waals surface area contributed by atoms with Crippen molar-refractivity contribution in [3.63, 3.8) is 0 Å². The Bertz CT molecular complexity index is 141. The largest absolute Gasteiger partial charge is 0.382 e. The van der Waals surface area contributed by atoms with E-state index in [-0.39, 0.29) is 0 Å². The molecule has 1 aliphatic rings. The molecule has 2 nitrogen and oxygen atoms in total. The van der Waals surface area contributed by atoms with Gasteiger partial charge in [0.25, 0.3) is 0 Å². The van der Waals surface area contributed by atoms with Crippen molar-refractivity contribution in [2.45, 2.75) is 46.0 Å². The van der Waals surface area contributed by atoms with Gasteiger partial charge in [-0.15, -0.1) is 0 Å². The summed E-state index contributed by atoms with van der Waals surface area (Å²) in [5, 5.41) is 3.55. The maximum atomic E-state index is 5.30. The van der Waals surface area contributed by atoms with Crippen molar-refractivity contribution in [2.75, 3.05) is 26.3 Å². The Labute approximate surface area is 94.8 Å². The van der Waals surface area contributed by atoms with Crippen molar-refractivity contribution in [1.29, 1.82) is 0 Å². The lowest BCUT2D eigenvalue weighted by molar-refractivity contribution is 0.144. The molecule has 0 aromatic heterocycles. The first-order chi connectivity index (χ1) is 7.33. The number of hydrogen-bond acceptors (Lipinski definition) is 2. The second-order valence-corrected chi connectivity index (χ2v) is 4.88. The molecule has 1 aliphatic carbocycles. The molecule has 0 aromatic carbocycles. The fourth-order valence-corrected chi connectivity index (χ4v) is 2.28. The summed E-state index contributed by atoms with van der Waals surface area (Å²) in [7, 11) is 0. The van der Waals surface area contributed by atoms with Gasteiger partial charge in [-0.3, -0.25) is 0 Å². The number of nitrogens with one attached hydrogen (secondary N) is 1. The minimum atomic E-state index is 0.848. The smallest absolute Gasteiger partial charge is 0.0477 e. The zero-order valence-electron chi connectivity index (χ0n) is 10.4. The Hall–Kier alpha value is -0.0800. The van der Waals surface area contributed by atoms with Gasteiger partial charge >= 0.3 is 0 Å². The third kappa shape index (κ3) is 6.16. The van der Waals surface area contributed by atoms with Crippen molar-refractivity contribution in [3.05, 3.63) is 0 Å². The first-order valence-corrected chi connectivity index (χ1v) is 6.61. The van der Waals surface area contributed by atoms with Gasteiger partial charge in [0, 0.05) is 13.2 Å². The molecule has 1 saturated carbocycles. The summed E-state index contributed by atoms with van der Waals surface area (Å²) >= 11 is 0. The second kappa shape index (κ2) is 8.12. The summed E-state index contributed by atoms with van der Waals surface area (Å²) in [4.78, 5) is 0. The van der Waals surface area contributed by atoms with Crippen LogP contribution in [0.25, 0.3) is 0 Å². The molecule has 0 saturated heterocycles. The average molecular weight is 213 g/mol. The van der Waals surface area contributed by atoms with Crippen LogP contribution in [0.3, 0.4) is 0 Å². The van der Waals surface area contributed by atoms with E-state index in [4.69, 9.17) is 4.74 Å². The van der Waals surface area contributed by atoms with Crippen LogP contribution >= 0.6 is 0 Å². The highest BCUT2D eigenvalue weighted by molar-refractivity contribution is 4.71. The minimum Gasteiger partial charge on any atom is -0.382 e. The first kappa shape index (κ1) is 13.0. The van der Waals surface area contributed by atoms with E-state index in [1.54, 1.807) is 0 Å². The molecule has 1 fully saturated rings. The predicted molar refractivity (Wildman–Crippen MR) is 65.1 cm³/mol. The summed E-state index contributed by atoms with van der Waals surface area (Å²) < 4.78 is 5.30. The van der Waals surface area contributed by atoms with Crippen molar-refractivity contribution in [3.8, 4) is 0 Å². The number of hydrogen-bond donors (Lipinski definition) is 1. The van der Waals surface area contributed by atoms with Gasteiger partial charge < -0.3 is 10.1 Å². The predicted octanol–water partition coefficient (Wildman–Crippen LogP) is 2.83. The SMILES string of the molecule is CCOCCCNCC1CCC(C)CC1. The molecule has 15 heavy (non-hydrogen) atoms. The molecule has 0 atom stereocenters. The Balaban J connectivity index is 1.87. The molecule has 0 spiro atoms. The molecule has 90 valence electrons. The molecule has 0 radical (unpaired) electrons. The Kier molecular flexibility index (Phi) is 7.03. The third-order valence-corrected chi connectivity index (χ3v) is 3.41. The van der Waals surface area contributed by atoms with E-state index in [9.17, 15) is 0 Å². The van der Waals surface area contributed by atoms with Crippen molar-refractivity contribution in [1.82, 2.24) is 5.32 Å². The van der Waals surface area contributed by atoms with Gasteiger partial charge in [0.2, 0.25) is 0 Å². The fourth-order valence-electron chi connectivity index (χ4n) is 2.28. The average Bonchev–Trinajstić information content (AvgIpc) is 2.26. The van der Waals surface area contributed by atoms with Gasteiger partial charge in [-0.2, -0.15) is 0 Å². The number of rotatable bonds is 7. The van der Waals surface area contributed by atoms with E-state index in [2.05, 4.69) is 19.2 Å². The lowest BCUT2D eigenvalue weighted by Gasteiger charge is -2.26. The fraction of sp³-hybridized carbons (Fsp3) is 1.00. The molecular weight excluding hydrogens is 186 g/mol. The van der Waals surface area contributed by atoms with Crippen LogP contribution in [-0.4, -0.2) is 26.3 Å². The zero-order chi connectivity index (χ0) is 10.9. The number of ether oxygens (including phenoxy) is 1. The normalized spacial score (nSPS) is 26.8. The Morgan fingerprint density at radius 3 is 2.60 bits per heavy atom. The maximum Gasteiger partial charge on any atom is 0.0477 e. The third-order valence-electron chi connectivity index (χ3n) is 3.41. The van der Waals surface area contributed by atoms with Gasteiger partial charge in [-0.25, -0.2) is 0 Å². The molecule has 1 rings (SSSR count). The van der Waals surface area contributed by atoms with Gasteiger partial charge in [0.1, 0.15) is 0 Å². The molecule has 0 bridgehead atoms. The standard InChI is InChI=1S/C13H27NO/c1-3-15-10-4-9-14-11-13-7-5-12(2)6-8-13/h12-14H,3-11H2,1-2H3. The lowest BCUT2D eigenvalue weighted by Crippen LogP contribution is -2.27.